The van der Waals surface area contributed by atoms with Crippen molar-refractivity contribution in [2.24, 2.45) is 0 Å². The Kier molecular flexibility index (Phi) is 5.23. The van der Waals surface area contributed by atoms with Gasteiger partial charge in [-0.05, 0) is 49.2 Å². The Balaban J connectivity index is 1.83. The maximum atomic E-state index is 12.5. The van der Waals surface area contributed by atoms with Crippen LogP contribution in [0, 0.1) is 13.8 Å². The Bertz CT molecular complexity index is 950. The molecule has 0 aliphatic rings. The van der Waals surface area contributed by atoms with E-state index in [1.54, 1.807) is 19.6 Å². The van der Waals surface area contributed by atoms with E-state index in [1.165, 1.54) is 11.3 Å². The van der Waals surface area contributed by atoms with Crippen LogP contribution in [0.15, 0.2) is 41.8 Å². The second kappa shape index (κ2) is 7.58. The molecule has 134 valence electrons. The van der Waals surface area contributed by atoms with E-state index in [1.807, 2.05) is 50.2 Å². The van der Waals surface area contributed by atoms with E-state index in [9.17, 15) is 4.79 Å². The van der Waals surface area contributed by atoms with Gasteiger partial charge in [-0.1, -0.05) is 12.1 Å². The van der Waals surface area contributed by atoms with E-state index >= 15 is 0 Å². The predicted molar refractivity (Wildman–Crippen MR) is 105 cm³/mol. The molecule has 3 rings (SSSR count). The summed E-state index contributed by atoms with van der Waals surface area (Å²) in [6.07, 6.45) is 0. The fourth-order valence-electron chi connectivity index (χ4n) is 2.54. The molecule has 0 fully saturated rings. The number of anilines is 1. The molecule has 1 heterocycles. The number of nitrogens with zero attached hydrogens (tertiary/aromatic N) is 1. The van der Waals surface area contributed by atoms with Gasteiger partial charge in [-0.2, -0.15) is 0 Å². The molecular formula is C20H20N2O3S. The topological polar surface area (TPSA) is 60.5 Å². The van der Waals surface area contributed by atoms with Crippen molar-refractivity contribution in [3.05, 3.63) is 58.6 Å². The highest BCUT2D eigenvalue weighted by Gasteiger charge is 2.14. The predicted octanol–water partition coefficient (Wildman–Crippen LogP) is 4.70. The minimum Gasteiger partial charge on any atom is -0.493 e. The summed E-state index contributed by atoms with van der Waals surface area (Å²) in [5.41, 5.74) is 4.17. The van der Waals surface area contributed by atoms with Crippen LogP contribution in [0.5, 0.6) is 11.5 Å². The SMILES string of the molecule is COc1ccc(-c2nc(C(=O)Nc3cc(C)ccc3C)cs2)cc1OC. The van der Waals surface area contributed by atoms with Crippen molar-refractivity contribution < 1.29 is 14.3 Å². The average Bonchev–Trinajstić information content (AvgIpc) is 3.14. The second-order valence-corrected chi connectivity index (χ2v) is 6.74. The quantitative estimate of drug-likeness (QED) is 0.709. The third-order valence-electron chi connectivity index (χ3n) is 4.01. The summed E-state index contributed by atoms with van der Waals surface area (Å²) in [6, 6.07) is 11.5. The van der Waals surface area contributed by atoms with Gasteiger partial charge >= 0.3 is 0 Å². The minimum atomic E-state index is -0.221. The maximum Gasteiger partial charge on any atom is 0.275 e. The first-order valence-electron chi connectivity index (χ1n) is 8.08. The summed E-state index contributed by atoms with van der Waals surface area (Å²) in [5.74, 6) is 1.06. The Labute approximate surface area is 156 Å². The molecule has 2 aromatic carbocycles. The molecule has 26 heavy (non-hydrogen) atoms. The largest absolute Gasteiger partial charge is 0.493 e. The summed E-state index contributed by atoms with van der Waals surface area (Å²) >= 11 is 1.41. The molecule has 0 atom stereocenters. The van der Waals surface area contributed by atoms with Gasteiger partial charge in [0.2, 0.25) is 0 Å². The number of aromatic nitrogens is 1. The third-order valence-corrected chi connectivity index (χ3v) is 4.90. The molecular weight excluding hydrogens is 348 g/mol. The summed E-state index contributed by atoms with van der Waals surface area (Å²) in [4.78, 5) is 17.0. The van der Waals surface area contributed by atoms with E-state index in [-0.39, 0.29) is 5.91 Å². The van der Waals surface area contributed by atoms with Gasteiger partial charge in [0.05, 0.1) is 14.2 Å². The van der Waals surface area contributed by atoms with E-state index in [2.05, 4.69) is 10.3 Å². The van der Waals surface area contributed by atoms with Gasteiger partial charge in [-0.15, -0.1) is 11.3 Å². The molecule has 0 bridgehead atoms. The van der Waals surface area contributed by atoms with Crippen molar-refractivity contribution in [2.45, 2.75) is 13.8 Å². The zero-order valence-corrected chi connectivity index (χ0v) is 15.9. The number of benzene rings is 2. The fraction of sp³-hybridized carbons (Fsp3) is 0.200. The monoisotopic (exact) mass is 368 g/mol. The maximum absolute atomic E-state index is 12.5. The molecule has 0 radical (unpaired) electrons. The van der Waals surface area contributed by atoms with Crippen molar-refractivity contribution in [1.29, 1.82) is 0 Å². The van der Waals surface area contributed by atoms with Crippen molar-refractivity contribution >= 4 is 22.9 Å². The van der Waals surface area contributed by atoms with Crippen LogP contribution in [0.1, 0.15) is 21.6 Å². The van der Waals surface area contributed by atoms with Crippen LogP contribution in [0.25, 0.3) is 10.6 Å². The number of rotatable bonds is 5. The van der Waals surface area contributed by atoms with Gasteiger partial charge in [0.25, 0.3) is 5.91 Å². The highest BCUT2D eigenvalue weighted by atomic mass is 32.1. The van der Waals surface area contributed by atoms with Crippen LogP contribution >= 0.6 is 11.3 Å². The Hall–Kier alpha value is -2.86. The first-order valence-corrected chi connectivity index (χ1v) is 8.96. The number of ether oxygens (including phenoxy) is 2. The Morgan fingerprint density at radius 2 is 1.81 bits per heavy atom. The number of aryl methyl sites for hydroxylation is 2. The number of carbonyl (C=O) groups is 1. The second-order valence-electron chi connectivity index (χ2n) is 5.88. The molecule has 1 N–H and O–H groups in total. The molecule has 0 aliphatic carbocycles. The number of hydrogen-bond donors (Lipinski definition) is 1. The molecule has 0 saturated heterocycles. The Morgan fingerprint density at radius 3 is 2.54 bits per heavy atom. The number of amides is 1. The first-order chi connectivity index (χ1) is 12.5. The summed E-state index contributed by atoms with van der Waals surface area (Å²) in [6.45, 7) is 3.96. The van der Waals surface area contributed by atoms with Crippen LogP contribution in [-0.2, 0) is 0 Å². The van der Waals surface area contributed by atoms with Crippen LogP contribution in [0.4, 0.5) is 5.69 Å². The highest BCUT2D eigenvalue weighted by molar-refractivity contribution is 7.13. The summed E-state index contributed by atoms with van der Waals surface area (Å²) in [7, 11) is 3.18. The molecule has 0 aliphatic heterocycles. The van der Waals surface area contributed by atoms with Gasteiger partial charge in [-0.3, -0.25) is 4.79 Å². The average molecular weight is 368 g/mol. The molecule has 0 saturated carbocycles. The number of thiazole rings is 1. The van der Waals surface area contributed by atoms with Gasteiger partial charge in [-0.25, -0.2) is 4.98 Å². The standard InChI is InChI=1S/C20H20N2O3S/c1-12-5-6-13(2)15(9-12)21-19(23)16-11-26-20(22-16)14-7-8-17(24-3)18(10-14)25-4/h5-11H,1-4H3,(H,21,23). The van der Waals surface area contributed by atoms with Crippen LogP contribution in [-0.4, -0.2) is 25.1 Å². The lowest BCUT2D eigenvalue weighted by Gasteiger charge is -2.08. The fourth-order valence-corrected chi connectivity index (χ4v) is 3.33. The molecule has 1 amide bonds. The zero-order chi connectivity index (χ0) is 18.7. The lowest BCUT2D eigenvalue weighted by Crippen LogP contribution is -2.13. The van der Waals surface area contributed by atoms with E-state index in [4.69, 9.17) is 9.47 Å². The molecule has 5 nitrogen and oxygen atoms in total. The van der Waals surface area contributed by atoms with E-state index in [0.29, 0.717) is 17.2 Å². The van der Waals surface area contributed by atoms with Crippen molar-refractivity contribution in [3.63, 3.8) is 0 Å². The molecule has 1 aromatic heterocycles. The molecule has 0 spiro atoms. The van der Waals surface area contributed by atoms with Gasteiger partial charge < -0.3 is 14.8 Å². The van der Waals surface area contributed by atoms with Crippen molar-refractivity contribution in [1.82, 2.24) is 4.98 Å². The molecule has 6 heteroatoms. The van der Waals surface area contributed by atoms with Crippen LogP contribution < -0.4 is 14.8 Å². The zero-order valence-electron chi connectivity index (χ0n) is 15.1. The van der Waals surface area contributed by atoms with Gasteiger partial charge in [0, 0.05) is 16.6 Å². The Morgan fingerprint density at radius 1 is 1.04 bits per heavy atom. The van der Waals surface area contributed by atoms with Crippen molar-refractivity contribution in [2.75, 3.05) is 19.5 Å². The number of hydrogen-bond acceptors (Lipinski definition) is 5. The lowest BCUT2D eigenvalue weighted by atomic mass is 10.1. The number of nitrogens with one attached hydrogen (secondary N) is 1. The van der Waals surface area contributed by atoms with Gasteiger partial charge in [0.15, 0.2) is 11.5 Å². The number of methoxy groups -OCH3 is 2. The highest BCUT2D eigenvalue weighted by Crippen LogP contribution is 2.33. The van der Waals surface area contributed by atoms with Crippen LogP contribution in [0.3, 0.4) is 0 Å². The molecule has 3 aromatic rings. The third kappa shape index (κ3) is 3.70. The summed E-state index contributed by atoms with van der Waals surface area (Å²) in [5, 5.41) is 5.44. The van der Waals surface area contributed by atoms with E-state index in [0.717, 1.165) is 27.4 Å². The van der Waals surface area contributed by atoms with Crippen molar-refractivity contribution in [3.8, 4) is 22.1 Å². The first kappa shape index (κ1) is 17.9. The smallest absolute Gasteiger partial charge is 0.275 e. The van der Waals surface area contributed by atoms with Crippen LogP contribution in [0.2, 0.25) is 0 Å². The normalized spacial score (nSPS) is 10.5. The number of carbonyl (C=O) groups excluding carboxylic acids is 1. The van der Waals surface area contributed by atoms with E-state index < -0.39 is 0 Å². The minimum absolute atomic E-state index is 0.221. The van der Waals surface area contributed by atoms with Gasteiger partial charge in [0.1, 0.15) is 10.7 Å². The molecule has 0 unspecified atom stereocenters. The summed E-state index contributed by atoms with van der Waals surface area (Å²) < 4.78 is 10.6. The lowest BCUT2D eigenvalue weighted by molar-refractivity contribution is 0.102.